The van der Waals surface area contributed by atoms with Crippen LogP contribution in [0.25, 0.3) is 0 Å². The fourth-order valence-corrected chi connectivity index (χ4v) is 1.55. The maximum Gasteiger partial charge on any atom is 0.0862 e. The van der Waals surface area contributed by atoms with E-state index in [1.807, 2.05) is 6.20 Å². The number of aromatic amines is 1. The van der Waals surface area contributed by atoms with Crippen molar-refractivity contribution in [3.05, 3.63) is 17.5 Å². The summed E-state index contributed by atoms with van der Waals surface area (Å²) in [6, 6.07) is 0.326. The third-order valence-electron chi connectivity index (χ3n) is 2.13. The lowest BCUT2D eigenvalue weighted by atomic mass is 10.1. The van der Waals surface area contributed by atoms with Gasteiger partial charge in [-0.25, -0.2) is 0 Å². The largest absolute Gasteiger partial charge is 0.394 e. The second-order valence-corrected chi connectivity index (χ2v) is 2.85. The Balaban J connectivity index is 2.37. The van der Waals surface area contributed by atoms with Crippen molar-refractivity contribution in [3.63, 3.8) is 0 Å². The lowest BCUT2D eigenvalue weighted by Gasteiger charge is -2.07. The molecule has 0 fully saturated rings. The van der Waals surface area contributed by atoms with Crippen LogP contribution in [0.3, 0.4) is 0 Å². The smallest absolute Gasteiger partial charge is 0.0862 e. The first kappa shape index (κ1) is 6.82. The van der Waals surface area contributed by atoms with Gasteiger partial charge in [-0.2, -0.15) is 5.10 Å². The first-order valence-electron chi connectivity index (χ1n) is 3.73. The molecule has 0 spiro atoms. The van der Waals surface area contributed by atoms with Crippen LogP contribution < -0.4 is 5.32 Å². The second-order valence-electron chi connectivity index (χ2n) is 2.85. The number of hydrogen-bond donors (Lipinski definition) is 3. The predicted molar refractivity (Wildman–Crippen MR) is 40.0 cm³/mol. The van der Waals surface area contributed by atoms with Crippen LogP contribution in [0.5, 0.6) is 0 Å². The maximum absolute atomic E-state index is 8.93. The molecule has 4 heteroatoms. The summed E-state index contributed by atoms with van der Waals surface area (Å²) in [5, 5.41) is 19.0. The van der Waals surface area contributed by atoms with Crippen molar-refractivity contribution in [3.8, 4) is 0 Å². The summed E-state index contributed by atoms with van der Waals surface area (Å²) in [6.07, 6.45) is 1.88. The molecule has 2 rings (SSSR count). The molecule has 1 unspecified atom stereocenters. The zero-order chi connectivity index (χ0) is 7.84. The van der Waals surface area contributed by atoms with Gasteiger partial charge in [0.15, 0.2) is 0 Å². The van der Waals surface area contributed by atoms with Gasteiger partial charge < -0.3 is 5.11 Å². The molecular weight excluding hydrogens is 142 g/mol. The molecule has 0 saturated carbocycles. The Labute approximate surface area is 64.6 Å². The normalized spacial score (nSPS) is 28.9. The molecular formula is C7H11N3O. The standard InChI is InChI=1S/C7H11N3O/c1-4-5-2-8-10-7(5)6(3-11)9-4/h2,4,6,9,11H,3H2,1H3,(H,8,10)/t4-,6?/m1/s1. The highest BCUT2D eigenvalue weighted by atomic mass is 16.3. The highest BCUT2D eigenvalue weighted by Gasteiger charge is 2.28. The van der Waals surface area contributed by atoms with Crippen LogP contribution in [0.4, 0.5) is 0 Å². The van der Waals surface area contributed by atoms with Crippen molar-refractivity contribution in [1.29, 1.82) is 0 Å². The van der Waals surface area contributed by atoms with Crippen LogP contribution in [0.1, 0.15) is 30.3 Å². The van der Waals surface area contributed by atoms with Crippen LogP contribution in [-0.2, 0) is 0 Å². The average Bonchev–Trinajstić information content (AvgIpc) is 2.54. The third-order valence-corrected chi connectivity index (χ3v) is 2.13. The van der Waals surface area contributed by atoms with E-state index in [0.29, 0.717) is 6.04 Å². The molecule has 0 bridgehead atoms. The van der Waals surface area contributed by atoms with Crippen molar-refractivity contribution in [2.24, 2.45) is 0 Å². The summed E-state index contributed by atoms with van der Waals surface area (Å²) in [4.78, 5) is 0. The summed E-state index contributed by atoms with van der Waals surface area (Å²) in [5.74, 6) is 0. The number of nitrogens with zero attached hydrogens (tertiary/aromatic N) is 1. The highest BCUT2D eigenvalue weighted by Crippen LogP contribution is 2.29. The fraction of sp³-hybridized carbons (Fsp3) is 0.571. The van der Waals surface area contributed by atoms with Crippen molar-refractivity contribution < 1.29 is 5.11 Å². The fourth-order valence-electron chi connectivity index (χ4n) is 1.55. The second kappa shape index (κ2) is 2.32. The minimum absolute atomic E-state index is 0.0197. The molecule has 0 saturated heterocycles. The summed E-state index contributed by atoms with van der Waals surface area (Å²) < 4.78 is 0. The quantitative estimate of drug-likeness (QED) is 0.536. The number of aliphatic hydroxyl groups excluding tert-OH is 1. The van der Waals surface area contributed by atoms with Crippen LogP contribution in [-0.4, -0.2) is 21.9 Å². The number of rotatable bonds is 1. The number of nitrogens with one attached hydrogen (secondary N) is 2. The third kappa shape index (κ3) is 0.868. The predicted octanol–water partition coefficient (Wildman–Crippen LogP) is 0.107. The highest BCUT2D eigenvalue weighted by molar-refractivity contribution is 5.28. The number of hydrogen-bond acceptors (Lipinski definition) is 3. The zero-order valence-corrected chi connectivity index (χ0v) is 6.33. The molecule has 1 aliphatic rings. The van der Waals surface area contributed by atoms with E-state index in [0.717, 1.165) is 5.69 Å². The molecule has 2 atom stereocenters. The molecule has 3 N–H and O–H groups in total. The monoisotopic (exact) mass is 153 g/mol. The van der Waals surface area contributed by atoms with Gasteiger partial charge in [-0.1, -0.05) is 0 Å². The molecule has 2 heterocycles. The minimum Gasteiger partial charge on any atom is -0.394 e. The summed E-state index contributed by atoms with van der Waals surface area (Å²) >= 11 is 0. The molecule has 0 aromatic carbocycles. The Morgan fingerprint density at radius 2 is 2.55 bits per heavy atom. The van der Waals surface area contributed by atoms with Crippen molar-refractivity contribution in [2.45, 2.75) is 19.0 Å². The van der Waals surface area contributed by atoms with E-state index in [9.17, 15) is 0 Å². The molecule has 1 aliphatic heterocycles. The summed E-state index contributed by atoms with van der Waals surface area (Å²) in [5.41, 5.74) is 2.13. The van der Waals surface area contributed by atoms with Gasteiger partial charge in [0, 0.05) is 17.8 Å². The van der Waals surface area contributed by atoms with Crippen molar-refractivity contribution in [1.82, 2.24) is 15.5 Å². The molecule has 11 heavy (non-hydrogen) atoms. The van der Waals surface area contributed by atoms with E-state index < -0.39 is 0 Å². The lowest BCUT2D eigenvalue weighted by molar-refractivity contribution is 0.244. The number of fused-ring (bicyclic) bond motifs is 1. The molecule has 0 radical (unpaired) electrons. The van der Waals surface area contributed by atoms with E-state index in [4.69, 9.17) is 5.11 Å². The number of aliphatic hydroxyl groups is 1. The Morgan fingerprint density at radius 3 is 3.27 bits per heavy atom. The topological polar surface area (TPSA) is 60.9 Å². The Morgan fingerprint density at radius 1 is 1.73 bits per heavy atom. The van der Waals surface area contributed by atoms with E-state index in [1.165, 1.54) is 5.56 Å². The van der Waals surface area contributed by atoms with E-state index in [2.05, 4.69) is 22.4 Å². The van der Waals surface area contributed by atoms with E-state index in [-0.39, 0.29) is 12.6 Å². The Bertz CT molecular complexity index is 258. The molecule has 0 aliphatic carbocycles. The number of H-pyrrole nitrogens is 1. The van der Waals surface area contributed by atoms with E-state index in [1.54, 1.807) is 0 Å². The van der Waals surface area contributed by atoms with Gasteiger partial charge in [0.25, 0.3) is 0 Å². The first-order chi connectivity index (χ1) is 5.33. The van der Waals surface area contributed by atoms with Gasteiger partial charge >= 0.3 is 0 Å². The zero-order valence-electron chi connectivity index (χ0n) is 6.33. The average molecular weight is 153 g/mol. The van der Waals surface area contributed by atoms with Crippen molar-refractivity contribution >= 4 is 0 Å². The van der Waals surface area contributed by atoms with E-state index >= 15 is 0 Å². The van der Waals surface area contributed by atoms with Crippen LogP contribution in [0.15, 0.2) is 6.20 Å². The SMILES string of the molecule is C[C@H]1NC(CO)c2n[nH]cc21. The number of aromatic nitrogens is 2. The summed E-state index contributed by atoms with van der Waals surface area (Å²) in [6.45, 7) is 2.17. The molecule has 0 amide bonds. The van der Waals surface area contributed by atoms with Gasteiger partial charge in [-0.15, -0.1) is 0 Å². The van der Waals surface area contributed by atoms with Crippen LogP contribution in [0, 0.1) is 0 Å². The first-order valence-corrected chi connectivity index (χ1v) is 3.73. The van der Waals surface area contributed by atoms with Crippen LogP contribution >= 0.6 is 0 Å². The van der Waals surface area contributed by atoms with Gasteiger partial charge in [-0.3, -0.25) is 10.4 Å². The van der Waals surface area contributed by atoms with Gasteiger partial charge in [-0.05, 0) is 6.92 Å². The van der Waals surface area contributed by atoms with Gasteiger partial charge in [0.05, 0.1) is 18.3 Å². The maximum atomic E-state index is 8.93. The summed E-state index contributed by atoms with van der Waals surface area (Å²) in [7, 11) is 0. The Kier molecular flexibility index (Phi) is 1.44. The minimum atomic E-state index is 0.0197. The van der Waals surface area contributed by atoms with Gasteiger partial charge in [0.1, 0.15) is 0 Å². The Hall–Kier alpha value is -0.870. The molecule has 60 valence electrons. The van der Waals surface area contributed by atoms with Gasteiger partial charge in [0.2, 0.25) is 0 Å². The molecule has 1 aromatic heterocycles. The van der Waals surface area contributed by atoms with Crippen molar-refractivity contribution in [2.75, 3.05) is 6.61 Å². The lowest BCUT2D eigenvalue weighted by Crippen LogP contribution is -2.19. The molecule has 1 aromatic rings. The molecule has 4 nitrogen and oxygen atoms in total. The van der Waals surface area contributed by atoms with Crippen LogP contribution in [0.2, 0.25) is 0 Å².